The van der Waals surface area contributed by atoms with Crippen molar-refractivity contribution in [2.24, 2.45) is 0 Å². The Hall–Kier alpha value is -0.730. The monoisotopic (exact) mass is 259 g/mol. The van der Waals surface area contributed by atoms with Crippen molar-refractivity contribution < 1.29 is 4.79 Å². The van der Waals surface area contributed by atoms with Crippen LogP contribution in [0, 0.1) is 0 Å². The van der Waals surface area contributed by atoms with E-state index < -0.39 is 0 Å². The maximum atomic E-state index is 11.7. The zero-order chi connectivity index (χ0) is 12.0. The van der Waals surface area contributed by atoms with Gasteiger partial charge >= 0.3 is 0 Å². The van der Waals surface area contributed by atoms with Crippen LogP contribution < -0.4 is 5.32 Å². The average molecular weight is 260 g/mol. The minimum atomic E-state index is -0.141. The third kappa shape index (κ3) is 4.03. The Morgan fingerprint density at radius 2 is 2.06 bits per heavy atom. The number of carbonyl (C=O) groups excluding carboxylic acids is 1. The lowest BCUT2D eigenvalue weighted by atomic mass is 10.2. The molecule has 0 unspecified atom stereocenters. The standard InChI is InChI=1S/C12H15Cl2NO/c1-2-3-4-7-15-12(16)10-6-5-9(13)8-11(10)14/h5-6,8H,2-4,7H2,1H3,(H,15,16). The molecule has 0 aromatic heterocycles. The van der Waals surface area contributed by atoms with Gasteiger partial charge in [0.1, 0.15) is 0 Å². The van der Waals surface area contributed by atoms with E-state index in [1.807, 2.05) is 0 Å². The number of nitrogens with one attached hydrogen (secondary N) is 1. The van der Waals surface area contributed by atoms with Crippen LogP contribution in [-0.2, 0) is 0 Å². The van der Waals surface area contributed by atoms with E-state index in [-0.39, 0.29) is 5.91 Å². The smallest absolute Gasteiger partial charge is 0.252 e. The molecule has 0 aliphatic rings. The van der Waals surface area contributed by atoms with Gasteiger partial charge < -0.3 is 5.32 Å². The van der Waals surface area contributed by atoms with Crippen molar-refractivity contribution in [1.29, 1.82) is 0 Å². The van der Waals surface area contributed by atoms with Crippen LogP contribution in [0.1, 0.15) is 36.5 Å². The lowest BCUT2D eigenvalue weighted by Crippen LogP contribution is -2.24. The molecular formula is C12H15Cl2NO. The molecule has 0 saturated heterocycles. The molecule has 1 N–H and O–H groups in total. The quantitative estimate of drug-likeness (QED) is 0.799. The number of amides is 1. The molecule has 88 valence electrons. The van der Waals surface area contributed by atoms with Crippen molar-refractivity contribution in [3.63, 3.8) is 0 Å². The van der Waals surface area contributed by atoms with Crippen molar-refractivity contribution in [3.05, 3.63) is 33.8 Å². The Morgan fingerprint density at radius 1 is 1.31 bits per heavy atom. The molecule has 4 heteroatoms. The van der Waals surface area contributed by atoms with Crippen molar-refractivity contribution in [3.8, 4) is 0 Å². The number of halogens is 2. The van der Waals surface area contributed by atoms with Crippen LogP contribution in [0.15, 0.2) is 18.2 Å². The molecule has 0 bridgehead atoms. The Balaban J connectivity index is 2.53. The summed E-state index contributed by atoms with van der Waals surface area (Å²) in [6.07, 6.45) is 3.25. The van der Waals surface area contributed by atoms with Gasteiger partial charge in [-0.05, 0) is 24.6 Å². The van der Waals surface area contributed by atoms with Gasteiger partial charge in [0, 0.05) is 11.6 Å². The SMILES string of the molecule is CCCCCNC(=O)c1ccc(Cl)cc1Cl. The van der Waals surface area contributed by atoms with Gasteiger partial charge in [-0.2, -0.15) is 0 Å². The molecule has 0 aliphatic carbocycles. The van der Waals surface area contributed by atoms with Crippen molar-refractivity contribution >= 4 is 29.1 Å². The van der Waals surface area contributed by atoms with E-state index in [1.165, 1.54) is 0 Å². The van der Waals surface area contributed by atoms with Crippen molar-refractivity contribution in [1.82, 2.24) is 5.32 Å². The highest BCUT2D eigenvalue weighted by molar-refractivity contribution is 6.36. The third-order valence-corrected chi connectivity index (χ3v) is 2.79. The molecular weight excluding hydrogens is 245 g/mol. The average Bonchev–Trinajstić information content (AvgIpc) is 2.24. The summed E-state index contributed by atoms with van der Waals surface area (Å²) in [6, 6.07) is 4.87. The van der Waals surface area contributed by atoms with Gasteiger partial charge in [0.15, 0.2) is 0 Å². The zero-order valence-electron chi connectivity index (χ0n) is 9.22. The maximum Gasteiger partial charge on any atom is 0.252 e. The topological polar surface area (TPSA) is 29.1 Å². The molecule has 0 atom stereocenters. The van der Waals surface area contributed by atoms with E-state index in [4.69, 9.17) is 23.2 Å². The first-order valence-corrected chi connectivity index (χ1v) is 6.14. The minimum Gasteiger partial charge on any atom is -0.352 e. The van der Waals surface area contributed by atoms with Gasteiger partial charge in [-0.1, -0.05) is 43.0 Å². The maximum absolute atomic E-state index is 11.7. The molecule has 16 heavy (non-hydrogen) atoms. The van der Waals surface area contributed by atoms with E-state index in [9.17, 15) is 4.79 Å². The fourth-order valence-corrected chi connectivity index (χ4v) is 1.84. The Labute approximate surface area is 106 Å². The van der Waals surface area contributed by atoms with E-state index in [2.05, 4.69) is 12.2 Å². The molecule has 0 fully saturated rings. The zero-order valence-corrected chi connectivity index (χ0v) is 10.7. The summed E-state index contributed by atoms with van der Waals surface area (Å²) < 4.78 is 0. The Kier molecular flexibility index (Phi) is 5.64. The predicted molar refractivity (Wildman–Crippen MR) is 68.3 cm³/mol. The highest BCUT2D eigenvalue weighted by Crippen LogP contribution is 2.20. The predicted octanol–water partition coefficient (Wildman–Crippen LogP) is 3.91. The van der Waals surface area contributed by atoms with Crippen LogP contribution in [-0.4, -0.2) is 12.5 Å². The summed E-state index contributed by atoms with van der Waals surface area (Å²) >= 11 is 11.7. The summed E-state index contributed by atoms with van der Waals surface area (Å²) in [5.74, 6) is -0.141. The summed E-state index contributed by atoms with van der Waals surface area (Å²) in [5.41, 5.74) is 0.475. The normalized spacial score (nSPS) is 10.2. The van der Waals surface area contributed by atoms with Crippen LogP contribution in [0.2, 0.25) is 10.0 Å². The minimum absolute atomic E-state index is 0.141. The van der Waals surface area contributed by atoms with E-state index >= 15 is 0 Å². The fraction of sp³-hybridized carbons (Fsp3) is 0.417. The van der Waals surface area contributed by atoms with Gasteiger partial charge in [0.25, 0.3) is 5.91 Å². The number of carbonyl (C=O) groups is 1. The van der Waals surface area contributed by atoms with Crippen LogP contribution in [0.5, 0.6) is 0 Å². The number of unbranched alkanes of at least 4 members (excludes halogenated alkanes) is 2. The van der Waals surface area contributed by atoms with Gasteiger partial charge in [0.05, 0.1) is 10.6 Å². The molecule has 2 nitrogen and oxygen atoms in total. The van der Waals surface area contributed by atoms with Crippen LogP contribution in [0.4, 0.5) is 0 Å². The lowest BCUT2D eigenvalue weighted by molar-refractivity contribution is 0.0953. The molecule has 1 aromatic carbocycles. The fourth-order valence-electron chi connectivity index (χ4n) is 1.35. The summed E-state index contributed by atoms with van der Waals surface area (Å²) in [6.45, 7) is 2.81. The highest BCUT2D eigenvalue weighted by Gasteiger charge is 2.09. The summed E-state index contributed by atoms with van der Waals surface area (Å²) in [4.78, 5) is 11.7. The van der Waals surface area contributed by atoms with Gasteiger partial charge in [-0.25, -0.2) is 0 Å². The molecule has 0 aliphatic heterocycles. The van der Waals surface area contributed by atoms with Crippen LogP contribution >= 0.6 is 23.2 Å². The second-order valence-electron chi connectivity index (χ2n) is 3.59. The number of hydrogen-bond donors (Lipinski definition) is 1. The first-order chi connectivity index (χ1) is 7.65. The molecule has 0 saturated carbocycles. The van der Waals surface area contributed by atoms with E-state index in [1.54, 1.807) is 18.2 Å². The molecule has 0 radical (unpaired) electrons. The van der Waals surface area contributed by atoms with Gasteiger partial charge in [-0.15, -0.1) is 0 Å². The molecule has 1 rings (SSSR count). The summed E-state index contributed by atoms with van der Waals surface area (Å²) in [7, 11) is 0. The second kappa shape index (κ2) is 6.77. The van der Waals surface area contributed by atoms with Crippen LogP contribution in [0.25, 0.3) is 0 Å². The Morgan fingerprint density at radius 3 is 2.69 bits per heavy atom. The highest BCUT2D eigenvalue weighted by atomic mass is 35.5. The number of rotatable bonds is 5. The van der Waals surface area contributed by atoms with Gasteiger partial charge in [0.2, 0.25) is 0 Å². The lowest BCUT2D eigenvalue weighted by Gasteiger charge is -2.06. The van der Waals surface area contributed by atoms with E-state index in [0.29, 0.717) is 22.2 Å². The van der Waals surface area contributed by atoms with Crippen molar-refractivity contribution in [2.45, 2.75) is 26.2 Å². The third-order valence-electron chi connectivity index (χ3n) is 2.24. The van der Waals surface area contributed by atoms with Crippen molar-refractivity contribution in [2.75, 3.05) is 6.54 Å². The first-order valence-electron chi connectivity index (χ1n) is 5.38. The van der Waals surface area contributed by atoms with Crippen LogP contribution in [0.3, 0.4) is 0 Å². The number of benzene rings is 1. The van der Waals surface area contributed by atoms with E-state index in [0.717, 1.165) is 19.3 Å². The first kappa shape index (κ1) is 13.3. The molecule has 1 amide bonds. The molecule has 0 heterocycles. The summed E-state index contributed by atoms with van der Waals surface area (Å²) in [5, 5.41) is 3.75. The second-order valence-corrected chi connectivity index (χ2v) is 4.43. The van der Waals surface area contributed by atoms with Gasteiger partial charge in [-0.3, -0.25) is 4.79 Å². The largest absolute Gasteiger partial charge is 0.352 e. The molecule has 1 aromatic rings. The number of hydrogen-bond acceptors (Lipinski definition) is 1. The molecule has 0 spiro atoms. The Bertz CT molecular complexity index is 366.